The number of alkyl halides is 1. The molecular weight excluding hydrogens is 246 g/mol. The summed E-state index contributed by atoms with van der Waals surface area (Å²) >= 11 is 5.62. The predicted octanol–water partition coefficient (Wildman–Crippen LogP) is 2.63. The van der Waals surface area contributed by atoms with Crippen molar-refractivity contribution in [3.05, 3.63) is 35.4 Å². The van der Waals surface area contributed by atoms with Crippen molar-refractivity contribution in [1.29, 1.82) is 0 Å². The molecule has 2 nitrogen and oxygen atoms in total. The topological polar surface area (TPSA) is 20.3 Å². The molecule has 96 valence electrons. The summed E-state index contributed by atoms with van der Waals surface area (Å²) in [7, 11) is 0. The largest absolute Gasteiger partial charge is 0.342 e. The molecular formula is C15H18ClNO. The van der Waals surface area contributed by atoms with Crippen LogP contribution in [-0.2, 0) is 17.6 Å². The van der Waals surface area contributed by atoms with Crippen molar-refractivity contribution in [3.8, 4) is 0 Å². The molecule has 0 atom stereocenters. The maximum absolute atomic E-state index is 11.6. The molecule has 0 aromatic heterocycles. The highest BCUT2D eigenvalue weighted by Crippen LogP contribution is 2.44. The highest BCUT2D eigenvalue weighted by molar-refractivity contribution is 6.27. The second kappa shape index (κ2) is 4.58. The quantitative estimate of drug-likeness (QED) is 0.714. The van der Waals surface area contributed by atoms with E-state index in [9.17, 15) is 4.79 Å². The van der Waals surface area contributed by atoms with Crippen LogP contribution in [-0.4, -0.2) is 29.8 Å². The zero-order valence-corrected chi connectivity index (χ0v) is 11.2. The zero-order valence-electron chi connectivity index (χ0n) is 10.5. The molecule has 1 fully saturated rings. The van der Waals surface area contributed by atoms with Crippen LogP contribution in [0.4, 0.5) is 0 Å². The van der Waals surface area contributed by atoms with Gasteiger partial charge in [-0.25, -0.2) is 0 Å². The van der Waals surface area contributed by atoms with Crippen LogP contribution in [0.1, 0.15) is 24.0 Å². The van der Waals surface area contributed by atoms with Crippen LogP contribution < -0.4 is 0 Å². The Labute approximate surface area is 113 Å². The van der Waals surface area contributed by atoms with E-state index in [4.69, 9.17) is 11.6 Å². The molecule has 1 amide bonds. The molecule has 0 saturated carbocycles. The zero-order chi connectivity index (χ0) is 12.6. The Bertz CT molecular complexity index is 436. The first kappa shape index (κ1) is 12.0. The van der Waals surface area contributed by atoms with Crippen molar-refractivity contribution in [2.75, 3.05) is 19.0 Å². The van der Waals surface area contributed by atoms with E-state index in [0.717, 1.165) is 25.9 Å². The van der Waals surface area contributed by atoms with Gasteiger partial charge in [0.05, 0.1) is 0 Å². The van der Waals surface area contributed by atoms with Gasteiger partial charge in [-0.2, -0.15) is 0 Å². The molecule has 0 bridgehead atoms. The Morgan fingerprint density at radius 2 is 1.72 bits per heavy atom. The Morgan fingerprint density at radius 3 is 2.22 bits per heavy atom. The number of benzene rings is 1. The molecule has 3 rings (SSSR count). The van der Waals surface area contributed by atoms with Gasteiger partial charge in [0.1, 0.15) is 5.88 Å². The van der Waals surface area contributed by atoms with Crippen LogP contribution in [0.5, 0.6) is 0 Å². The lowest BCUT2D eigenvalue weighted by Crippen LogP contribution is -2.44. The van der Waals surface area contributed by atoms with Crippen molar-refractivity contribution >= 4 is 17.5 Å². The molecule has 0 unspecified atom stereocenters. The van der Waals surface area contributed by atoms with E-state index in [1.54, 1.807) is 0 Å². The number of carbonyl (C=O) groups excluding carboxylic acids is 1. The fraction of sp³-hybridized carbons (Fsp3) is 0.533. The van der Waals surface area contributed by atoms with Crippen molar-refractivity contribution in [3.63, 3.8) is 0 Å². The SMILES string of the molecule is O=C(CCl)N1CCC2(CC1)Cc1ccccc1C2. The number of fused-ring (bicyclic) bond motifs is 1. The number of rotatable bonds is 1. The van der Waals surface area contributed by atoms with Crippen LogP contribution in [0.2, 0.25) is 0 Å². The number of piperidine rings is 1. The molecule has 1 aromatic rings. The molecule has 2 aliphatic rings. The molecule has 1 saturated heterocycles. The number of nitrogens with zero attached hydrogens (tertiary/aromatic N) is 1. The highest BCUT2D eigenvalue weighted by Gasteiger charge is 2.40. The minimum Gasteiger partial charge on any atom is -0.342 e. The van der Waals surface area contributed by atoms with Gasteiger partial charge in [-0.3, -0.25) is 4.79 Å². The van der Waals surface area contributed by atoms with Gasteiger partial charge < -0.3 is 4.90 Å². The fourth-order valence-electron chi connectivity index (χ4n) is 3.44. The summed E-state index contributed by atoms with van der Waals surface area (Å²) in [6.45, 7) is 1.75. The first-order valence-corrected chi connectivity index (χ1v) is 7.16. The number of hydrogen-bond acceptors (Lipinski definition) is 1. The minimum absolute atomic E-state index is 0.0852. The van der Waals surface area contributed by atoms with E-state index < -0.39 is 0 Å². The van der Waals surface area contributed by atoms with Gasteiger partial charge in [0, 0.05) is 13.1 Å². The Kier molecular flexibility index (Phi) is 3.06. The van der Waals surface area contributed by atoms with E-state index in [2.05, 4.69) is 24.3 Å². The standard InChI is InChI=1S/C15H18ClNO/c16-11-14(18)17-7-5-15(6-8-17)9-12-3-1-2-4-13(12)10-15/h1-4H,5-11H2. The average molecular weight is 264 g/mol. The number of hydrogen-bond donors (Lipinski definition) is 0. The highest BCUT2D eigenvalue weighted by atomic mass is 35.5. The van der Waals surface area contributed by atoms with Crippen LogP contribution in [0.15, 0.2) is 24.3 Å². The number of amides is 1. The lowest BCUT2D eigenvalue weighted by Gasteiger charge is -2.39. The van der Waals surface area contributed by atoms with Gasteiger partial charge in [0.15, 0.2) is 0 Å². The summed E-state index contributed by atoms with van der Waals surface area (Å²) < 4.78 is 0. The van der Waals surface area contributed by atoms with Crippen LogP contribution in [0.25, 0.3) is 0 Å². The molecule has 0 N–H and O–H groups in total. The lowest BCUT2D eigenvalue weighted by molar-refractivity contribution is -0.130. The number of halogens is 1. The lowest BCUT2D eigenvalue weighted by atomic mass is 9.76. The molecule has 1 aromatic carbocycles. The Balaban J connectivity index is 1.69. The first-order valence-electron chi connectivity index (χ1n) is 6.63. The summed E-state index contributed by atoms with van der Waals surface area (Å²) in [5, 5.41) is 0. The Morgan fingerprint density at radius 1 is 1.17 bits per heavy atom. The minimum atomic E-state index is 0.0852. The van der Waals surface area contributed by atoms with Gasteiger partial charge >= 0.3 is 0 Å². The normalized spacial score (nSPS) is 21.1. The second-order valence-electron chi connectivity index (χ2n) is 5.64. The fourth-order valence-corrected chi connectivity index (χ4v) is 3.61. The maximum Gasteiger partial charge on any atom is 0.237 e. The average Bonchev–Trinajstić information content (AvgIpc) is 2.76. The van der Waals surface area contributed by atoms with Gasteiger partial charge in [0.25, 0.3) is 0 Å². The van der Waals surface area contributed by atoms with Gasteiger partial charge in [-0.05, 0) is 42.2 Å². The van der Waals surface area contributed by atoms with Crippen molar-refractivity contribution in [2.24, 2.45) is 5.41 Å². The van der Waals surface area contributed by atoms with E-state index in [1.165, 1.54) is 24.0 Å². The Hall–Kier alpha value is -1.02. The summed E-state index contributed by atoms with van der Waals surface area (Å²) in [5.74, 6) is 0.203. The monoisotopic (exact) mass is 263 g/mol. The van der Waals surface area contributed by atoms with E-state index >= 15 is 0 Å². The summed E-state index contributed by atoms with van der Waals surface area (Å²) in [5.41, 5.74) is 3.43. The third-order valence-corrected chi connectivity index (χ3v) is 4.77. The van der Waals surface area contributed by atoms with E-state index in [-0.39, 0.29) is 11.8 Å². The third-order valence-electron chi connectivity index (χ3n) is 4.54. The smallest absolute Gasteiger partial charge is 0.237 e. The summed E-state index contributed by atoms with van der Waals surface area (Å²) in [6, 6.07) is 8.76. The van der Waals surface area contributed by atoms with Gasteiger partial charge in [0.2, 0.25) is 5.91 Å². The molecule has 1 aliphatic carbocycles. The summed E-state index contributed by atoms with van der Waals surface area (Å²) in [4.78, 5) is 13.5. The molecule has 18 heavy (non-hydrogen) atoms. The molecule has 3 heteroatoms. The molecule has 1 spiro atoms. The van der Waals surface area contributed by atoms with Crippen LogP contribution >= 0.6 is 11.6 Å². The van der Waals surface area contributed by atoms with E-state index in [0.29, 0.717) is 5.41 Å². The van der Waals surface area contributed by atoms with Crippen LogP contribution in [0, 0.1) is 5.41 Å². The van der Waals surface area contributed by atoms with Crippen molar-refractivity contribution < 1.29 is 4.79 Å². The first-order chi connectivity index (χ1) is 8.72. The molecule has 0 radical (unpaired) electrons. The maximum atomic E-state index is 11.6. The predicted molar refractivity (Wildman–Crippen MR) is 72.8 cm³/mol. The summed E-state index contributed by atoms with van der Waals surface area (Å²) in [6.07, 6.45) is 4.60. The molecule has 1 heterocycles. The van der Waals surface area contributed by atoms with Gasteiger partial charge in [-0.1, -0.05) is 24.3 Å². The van der Waals surface area contributed by atoms with Crippen molar-refractivity contribution in [1.82, 2.24) is 4.90 Å². The van der Waals surface area contributed by atoms with Crippen molar-refractivity contribution in [2.45, 2.75) is 25.7 Å². The number of carbonyl (C=O) groups is 1. The number of likely N-dealkylation sites (tertiary alicyclic amines) is 1. The van der Waals surface area contributed by atoms with Gasteiger partial charge in [-0.15, -0.1) is 11.6 Å². The third kappa shape index (κ3) is 2.03. The van der Waals surface area contributed by atoms with Crippen LogP contribution in [0.3, 0.4) is 0 Å². The molecule has 1 aliphatic heterocycles. The van der Waals surface area contributed by atoms with E-state index in [1.807, 2.05) is 4.90 Å². The second-order valence-corrected chi connectivity index (χ2v) is 5.90.